The van der Waals surface area contributed by atoms with E-state index < -0.39 is 0 Å². The number of ether oxygens (including phenoxy) is 2. The molecule has 8 heteroatoms. The van der Waals surface area contributed by atoms with Crippen LogP contribution in [0.3, 0.4) is 0 Å². The van der Waals surface area contributed by atoms with Crippen molar-refractivity contribution in [3.63, 3.8) is 0 Å². The summed E-state index contributed by atoms with van der Waals surface area (Å²) in [6.45, 7) is 3.84. The molecule has 0 radical (unpaired) electrons. The van der Waals surface area contributed by atoms with Gasteiger partial charge in [0.1, 0.15) is 5.82 Å². The SMILES string of the molecule is CCOc1cc(NC(=NC)NCc2nccn2Cc2ccccc2)ccc1OC.I. The molecule has 7 nitrogen and oxygen atoms in total. The lowest BCUT2D eigenvalue weighted by Gasteiger charge is -2.15. The van der Waals surface area contributed by atoms with Gasteiger partial charge in [-0.05, 0) is 24.6 Å². The largest absolute Gasteiger partial charge is 0.493 e. The van der Waals surface area contributed by atoms with Crippen molar-refractivity contribution >= 4 is 35.6 Å². The summed E-state index contributed by atoms with van der Waals surface area (Å²) in [6, 6.07) is 16.0. The number of aliphatic imine (C=N–C) groups is 1. The number of methoxy groups -OCH3 is 1. The summed E-state index contributed by atoms with van der Waals surface area (Å²) < 4.78 is 13.1. The molecule has 0 fully saturated rings. The number of guanidine groups is 1. The van der Waals surface area contributed by atoms with E-state index in [0.29, 0.717) is 30.6 Å². The summed E-state index contributed by atoms with van der Waals surface area (Å²) in [4.78, 5) is 8.77. The molecule has 0 aliphatic rings. The van der Waals surface area contributed by atoms with Crippen LogP contribution in [0.5, 0.6) is 11.5 Å². The van der Waals surface area contributed by atoms with Crippen molar-refractivity contribution in [3.05, 3.63) is 72.3 Å². The lowest BCUT2D eigenvalue weighted by atomic mass is 10.2. The molecule has 2 aromatic carbocycles. The minimum atomic E-state index is 0. The first-order valence-electron chi connectivity index (χ1n) is 9.56. The fraction of sp³-hybridized carbons (Fsp3) is 0.273. The first-order valence-corrected chi connectivity index (χ1v) is 9.56. The van der Waals surface area contributed by atoms with Crippen LogP contribution in [0.2, 0.25) is 0 Å². The minimum absolute atomic E-state index is 0. The average molecular weight is 521 g/mol. The van der Waals surface area contributed by atoms with Gasteiger partial charge in [0.2, 0.25) is 0 Å². The van der Waals surface area contributed by atoms with E-state index in [4.69, 9.17) is 9.47 Å². The number of benzene rings is 2. The van der Waals surface area contributed by atoms with Crippen LogP contribution in [-0.4, -0.2) is 36.3 Å². The van der Waals surface area contributed by atoms with E-state index in [1.165, 1.54) is 5.56 Å². The molecule has 30 heavy (non-hydrogen) atoms. The van der Waals surface area contributed by atoms with Crippen LogP contribution < -0.4 is 20.1 Å². The number of rotatable bonds is 8. The maximum atomic E-state index is 5.64. The predicted octanol–water partition coefficient (Wildman–Crippen LogP) is 4.14. The second kappa shape index (κ2) is 12.1. The van der Waals surface area contributed by atoms with E-state index in [2.05, 4.69) is 37.3 Å². The summed E-state index contributed by atoms with van der Waals surface area (Å²) >= 11 is 0. The highest BCUT2D eigenvalue weighted by Gasteiger charge is 2.08. The fourth-order valence-electron chi connectivity index (χ4n) is 2.93. The van der Waals surface area contributed by atoms with E-state index >= 15 is 0 Å². The van der Waals surface area contributed by atoms with Crippen LogP contribution in [0.25, 0.3) is 0 Å². The van der Waals surface area contributed by atoms with Crippen LogP contribution in [0, 0.1) is 0 Å². The highest BCUT2D eigenvalue weighted by Crippen LogP contribution is 2.30. The molecule has 0 saturated heterocycles. The van der Waals surface area contributed by atoms with Crippen LogP contribution in [0.4, 0.5) is 5.69 Å². The third kappa shape index (κ3) is 6.38. The lowest BCUT2D eigenvalue weighted by molar-refractivity contribution is 0.311. The molecule has 0 amide bonds. The maximum Gasteiger partial charge on any atom is 0.195 e. The maximum absolute atomic E-state index is 5.64. The molecule has 0 unspecified atom stereocenters. The molecule has 0 atom stereocenters. The van der Waals surface area contributed by atoms with Crippen molar-refractivity contribution in [3.8, 4) is 11.5 Å². The highest BCUT2D eigenvalue weighted by molar-refractivity contribution is 14.0. The molecule has 2 N–H and O–H groups in total. The average Bonchev–Trinajstić information content (AvgIpc) is 3.19. The summed E-state index contributed by atoms with van der Waals surface area (Å²) in [7, 11) is 3.36. The first kappa shape index (κ1) is 23.5. The number of hydrogen-bond acceptors (Lipinski definition) is 4. The third-order valence-corrected chi connectivity index (χ3v) is 4.36. The fourth-order valence-corrected chi connectivity index (χ4v) is 2.93. The predicted molar refractivity (Wildman–Crippen MR) is 131 cm³/mol. The molecular formula is C22H28IN5O2. The van der Waals surface area contributed by atoms with Gasteiger partial charge in [0.25, 0.3) is 0 Å². The number of anilines is 1. The van der Waals surface area contributed by atoms with Gasteiger partial charge >= 0.3 is 0 Å². The zero-order valence-corrected chi connectivity index (χ0v) is 19.8. The molecule has 1 heterocycles. The Hall–Kier alpha value is -2.75. The molecular weight excluding hydrogens is 493 g/mol. The molecule has 160 valence electrons. The number of halogens is 1. The number of imidazole rings is 1. The Labute approximate surface area is 194 Å². The number of nitrogens with one attached hydrogen (secondary N) is 2. The van der Waals surface area contributed by atoms with E-state index in [1.807, 2.05) is 55.7 Å². The normalized spacial score (nSPS) is 10.8. The van der Waals surface area contributed by atoms with Gasteiger partial charge in [0.15, 0.2) is 17.5 Å². The van der Waals surface area contributed by atoms with Gasteiger partial charge in [-0.1, -0.05) is 30.3 Å². The highest BCUT2D eigenvalue weighted by atomic mass is 127. The van der Waals surface area contributed by atoms with Gasteiger partial charge in [-0.3, -0.25) is 4.99 Å². The third-order valence-electron chi connectivity index (χ3n) is 4.36. The molecule has 3 aromatic rings. The van der Waals surface area contributed by atoms with Gasteiger partial charge in [0.05, 0.1) is 20.3 Å². The topological polar surface area (TPSA) is 72.7 Å². The summed E-state index contributed by atoms with van der Waals surface area (Å²) in [5.41, 5.74) is 2.09. The van der Waals surface area contributed by atoms with Gasteiger partial charge < -0.3 is 24.7 Å². The first-order chi connectivity index (χ1) is 14.2. The van der Waals surface area contributed by atoms with E-state index in [-0.39, 0.29) is 24.0 Å². The number of aromatic nitrogens is 2. The van der Waals surface area contributed by atoms with Crippen molar-refractivity contribution in [1.82, 2.24) is 14.9 Å². The molecule has 3 rings (SSSR count). The molecule has 0 spiro atoms. The van der Waals surface area contributed by atoms with Crippen LogP contribution in [0.1, 0.15) is 18.3 Å². The minimum Gasteiger partial charge on any atom is -0.493 e. The van der Waals surface area contributed by atoms with Crippen molar-refractivity contribution < 1.29 is 9.47 Å². The van der Waals surface area contributed by atoms with Crippen molar-refractivity contribution in [2.75, 3.05) is 26.1 Å². The van der Waals surface area contributed by atoms with Crippen LogP contribution in [0.15, 0.2) is 65.9 Å². The quantitative estimate of drug-likeness (QED) is 0.265. The Morgan fingerprint density at radius 2 is 1.93 bits per heavy atom. The Kier molecular flexibility index (Phi) is 9.46. The number of nitrogens with zero attached hydrogens (tertiary/aromatic N) is 3. The Bertz CT molecular complexity index is 944. The molecule has 0 saturated carbocycles. The van der Waals surface area contributed by atoms with Crippen LogP contribution >= 0.6 is 24.0 Å². The van der Waals surface area contributed by atoms with Crippen LogP contribution in [-0.2, 0) is 13.1 Å². The van der Waals surface area contributed by atoms with E-state index in [0.717, 1.165) is 18.1 Å². The number of hydrogen-bond donors (Lipinski definition) is 2. The van der Waals surface area contributed by atoms with Gasteiger partial charge in [-0.25, -0.2) is 4.98 Å². The van der Waals surface area contributed by atoms with Gasteiger partial charge in [-0.2, -0.15) is 0 Å². The van der Waals surface area contributed by atoms with Crippen molar-refractivity contribution in [2.45, 2.75) is 20.0 Å². The summed E-state index contributed by atoms with van der Waals surface area (Å²) in [5.74, 6) is 2.96. The standard InChI is InChI=1S/C22H27N5O2.HI/c1-4-29-20-14-18(10-11-19(20)28-3)26-22(23-2)25-15-21-24-12-13-27(21)16-17-8-6-5-7-9-17;/h5-14H,4,15-16H2,1-3H3,(H2,23,25,26);1H. The van der Waals surface area contributed by atoms with Gasteiger partial charge in [0, 0.05) is 37.7 Å². The molecule has 0 bridgehead atoms. The van der Waals surface area contributed by atoms with E-state index in [1.54, 1.807) is 14.2 Å². The molecule has 0 aliphatic carbocycles. The Morgan fingerprint density at radius 3 is 2.63 bits per heavy atom. The second-order valence-corrected chi connectivity index (χ2v) is 6.31. The molecule has 1 aromatic heterocycles. The summed E-state index contributed by atoms with van der Waals surface area (Å²) in [5, 5.41) is 6.59. The van der Waals surface area contributed by atoms with E-state index in [9.17, 15) is 0 Å². The van der Waals surface area contributed by atoms with Gasteiger partial charge in [-0.15, -0.1) is 24.0 Å². The summed E-state index contributed by atoms with van der Waals surface area (Å²) in [6.07, 6.45) is 3.80. The zero-order chi connectivity index (χ0) is 20.5. The lowest BCUT2D eigenvalue weighted by Crippen LogP contribution is -2.31. The smallest absolute Gasteiger partial charge is 0.195 e. The monoisotopic (exact) mass is 521 g/mol. The van der Waals surface area contributed by atoms with Crippen molar-refractivity contribution in [2.24, 2.45) is 4.99 Å². The second-order valence-electron chi connectivity index (χ2n) is 6.31. The van der Waals surface area contributed by atoms with Crippen molar-refractivity contribution in [1.29, 1.82) is 0 Å². The molecule has 0 aliphatic heterocycles. The Balaban J connectivity index is 0.00000320. The zero-order valence-electron chi connectivity index (χ0n) is 17.5. The Morgan fingerprint density at radius 1 is 1.13 bits per heavy atom.